The number of hydrogen-bond donors (Lipinski definition) is 2. The number of anilines is 1. The number of ether oxygens (including phenoxy) is 1. The van der Waals surface area contributed by atoms with Crippen molar-refractivity contribution in [2.45, 2.75) is 26.0 Å². The predicted molar refractivity (Wildman–Crippen MR) is 75.1 cm³/mol. The molecule has 2 N–H and O–H groups in total. The molecule has 0 bridgehead atoms. The third-order valence-corrected chi connectivity index (χ3v) is 3.18. The first-order valence-electron chi connectivity index (χ1n) is 6.96. The van der Waals surface area contributed by atoms with Crippen LogP contribution in [-0.2, 0) is 11.3 Å². The van der Waals surface area contributed by atoms with Crippen LogP contribution in [0.5, 0.6) is 0 Å². The molecule has 1 aromatic heterocycles. The van der Waals surface area contributed by atoms with Crippen LogP contribution in [0.3, 0.4) is 0 Å². The molecule has 106 valence electrons. The normalized spacial score (nSPS) is 20.4. The van der Waals surface area contributed by atoms with Gasteiger partial charge in [0.15, 0.2) is 0 Å². The van der Waals surface area contributed by atoms with E-state index in [9.17, 15) is 0 Å². The Morgan fingerprint density at radius 1 is 1.53 bits per heavy atom. The number of nitrogens with zero attached hydrogens (tertiary/aromatic N) is 2. The molecule has 19 heavy (non-hydrogen) atoms. The molecule has 1 aliphatic heterocycles. The molecule has 0 aliphatic carbocycles. The number of aliphatic hydroxyl groups is 1. The largest absolute Gasteiger partial charge is 0.394 e. The second-order valence-corrected chi connectivity index (χ2v) is 4.85. The van der Waals surface area contributed by atoms with Crippen LogP contribution in [0.4, 0.5) is 5.82 Å². The highest BCUT2D eigenvalue weighted by molar-refractivity contribution is 5.35. The van der Waals surface area contributed by atoms with Crippen molar-refractivity contribution in [3.8, 4) is 0 Å². The maximum absolute atomic E-state index is 9.14. The minimum Gasteiger partial charge on any atom is -0.394 e. The Kier molecular flexibility index (Phi) is 5.57. The van der Waals surface area contributed by atoms with Crippen molar-refractivity contribution in [2.24, 2.45) is 0 Å². The fourth-order valence-corrected chi connectivity index (χ4v) is 2.18. The van der Waals surface area contributed by atoms with E-state index < -0.39 is 0 Å². The topological polar surface area (TPSA) is 57.6 Å². The first-order valence-corrected chi connectivity index (χ1v) is 6.96. The van der Waals surface area contributed by atoms with Crippen molar-refractivity contribution in [3.05, 3.63) is 23.9 Å². The highest BCUT2D eigenvalue weighted by Gasteiger charge is 2.19. The third-order valence-electron chi connectivity index (χ3n) is 3.18. The average Bonchev–Trinajstić information content (AvgIpc) is 2.46. The van der Waals surface area contributed by atoms with Crippen molar-refractivity contribution in [1.29, 1.82) is 0 Å². The summed E-state index contributed by atoms with van der Waals surface area (Å²) in [4.78, 5) is 6.87. The van der Waals surface area contributed by atoms with Crippen LogP contribution in [0.1, 0.15) is 19.0 Å². The molecule has 5 heteroatoms. The minimum absolute atomic E-state index is 0.0600. The standard InChI is InChI=1S/C14H23N3O2/c1-2-6-15-14-5-3-4-12(16-14)9-17-7-8-19-13(10-17)11-18/h3-5,13,18H,2,6-11H2,1H3,(H,15,16). The van der Waals surface area contributed by atoms with Gasteiger partial charge in [-0.2, -0.15) is 0 Å². The quantitative estimate of drug-likeness (QED) is 0.806. The molecule has 0 radical (unpaired) electrons. The van der Waals surface area contributed by atoms with E-state index in [0.717, 1.165) is 44.1 Å². The summed E-state index contributed by atoms with van der Waals surface area (Å²) in [5.41, 5.74) is 1.06. The lowest BCUT2D eigenvalue weighted by Crippen LogP contribution is -2.43. The molecule has 2 heterocycles. The van der Waals surface area contributed by atoms with Crippen molar-refractivity contribution in [3.63, 3.8) is 0 Å². The summed E-state index contributed by atoms with van der Waals surface area (Å²) in [5.74, 6) is 0.936. The number of nitrogens with one attached hydrogen (secondary N) is 1. The van der Waals surface area contributed by atoms with Crippen LogP contribution in [-0.4, -0.2) is 53.9 Å². The van der Waals surface area contributed by atoms with Crippen LogP contribution in [0.2, 0.25) is 0 Å². The lowest BCUT2D eigenvalue weighted by Gasteiger charge is -2.31. The second kappa shape index (κ2) is 7.43. The zero-order valence-corrected chi connectivity index (χ0v) is 11.5. The van der Waals surface area contributed by atoms with Crippen molar-refractivity contribution in [2.75, 3.05) is 38.2 Å². The fourth-order valence-electron chi connectivity index (χ4n) is 2.18. The molecule has 5 nitrogen and oxygen atoms in total. The Morgan fingerprint density at radius 2 is 2.42 bits per heavy atom. The molecule has 1 unspecified atom stereocenters. The zero-order valence-electron chi connectivity index (χ0n) is 11.5. The van der Waals surface area contributed by atoms with E-state index in [1.165, 1.54) is 0 Å². The molecular formula is C14H23N3O2. The maximum Gasteiger partial charge on any atom is 0.126 e. The molecule has 0 saturated carbocycles. The molecule has 1 aliphatic rings. The Bertz CT molecular complexity index is 387. The van der Waals surface area contributed by atoms with Gasteiger partial charge >= 0.3 is 0 Å². The van der Waals surface area contributed by atoms with E-state index in [2.05, 4.69) is 22.1 Å². The van der Waals surface area contributed by atoms with Crippen LogP contribution in [0.15, 0.2) is 18.2 Å². The first-order chi connectivity index (χ1) is 9.31. The van der Waals surface area contributed by atoms with E-state index in [1.807, 2.05) is 18.2 Å². The molecule has 1 fully saturated rings. The molecule has 2 rings (SSSR count). The molecule has 0 aromatic carbocycles. The lowest BCUT2D eigenvalue weighted by atomic mass is 10.2. The monoisotopic (exact) mass is 265 g/mol. The first kappa shape index (κ1) is 14.2. The number of rotatable bonds is 6. The van der Waals surface area contributed by atoms with Crippen LogP contribution >= 0.6 is 0 Å². The van der Waals surface area contributed by atoms with Crippen molar-refractivity contribution >= 4 is 5.82 Å². The van der Waals surface area contributed by atoms with E-state index in [1.54, 1.807) is 0 Å². The number of morpholine rings is 1. The SMILES string of the molecule is CCCNc1cccc(CN2CCOC(CO)C2)n1. The second-order valence-electron chi connectivity index (χ2n) is 4.85. The van der Waals surface area contributed by atoms with Gasteiger partial charge < -0.3 is 15.2 Å². The maximum atomic E-state index is 9.14. The summed E-state index contributed by atoms with van der Waals surface area (Å²) in [6.07, 6.45) is 1.03. The van der Waals surface area contributed by atoms with Crippen LogP contribution in [0, 0.1) is 0 Å². The number of aliphatic hydroxyl groups excluding tert-OH is 1. The van der Waals surface area contributed by atoms with Crippen LogP contribution < -0.4 is 5.32 Å². The minimum atomic E-state index is -0.0600. The number of aromatic nitrogens is 1. The molecule has 1 aromatic rings. The summed E-state index contributed by atoms with van der Waals surface area (Å²) < 4.78 is 5.45. The predicted octanol–water partition coefficient (Wildman–Crippen LogP) is 1.10. The summed E-state index contributed by atoms with van der Waals surface area (Å²) >= 11 is 0. The summed E-state index contributed by atoms with van der Waals surface area (Å²) in [7, 11) is 0. The summed E-state index contributed by atoms with van der Waals surface area (Å²) in [6, 6.07) is 6.07. The Balaban J connectivity index is 1.90. The Hall–Kier alpha value is -1.17. The summed E-state index contributed by atoms with van der Waals surface area (Å²) in [6.45, 7) is 6.32. The molecule has 0 amide bonds. The van der Waals surface area contributed by atoms with E-state index >= 15 is 0 Å². The van der Waals surface area contributed by atoms with Gasteiger partial charge in [-0.1, -0.05) is 13.0 Å². The highest BCUT2D eigenvalue weighted by atomic mass is 16.5. The molecule has 1 saturated heterocycles. The third kappa shape index (κ3) is 4.45. The van der Waals surface area contributed by atoms with E-state index in [4.69, 9.17) is 9.84 Å². The van der Waals surface area contributed by atoms with Gasteiger partial charge in [-0.05, 0) is 18.6 Å². The van der Waals surface area contributed by atoms with Gasteiger partial charge in [0.2, 0.25) is 0 Å². The van der Waals surface area contributed by atoms with Gasteiger partial charge in [-0.3, -0.25) is 4.90 Å². The van der Waals surface area contributed by atoms with Crippen molar-refractivity contribution in [1.82, 2.24) is 9.88 Å². The molecule has 1 atom stereocenters. The number of pyridine rings is 1. The average molecular weight is 265 g/mol. The van der Waals surface area contributed by atoms with E-state index in [0.29, 0.717) is 6.61 Å². The van der Waals surface area contributed by atoms with Gasteiger partial charge in [0.05, 0.1) is 25.0 Å². The highest BCUT2D eigenvalue weighted by Crippen LogP contribution is 2.11. The van der Waals surface area contributed by atoms with Crippen molar-refractivity contribution < 1.29 is 9.84 Å². The zero-order chi connectivity index (χ0) is 13.5. The smallest absolute Gasteiger partial charge is 0.126 e. The van der Waals surface area contributed by atoms with Gasteiger partial charge in [0.1, 0.15) is 5.82 Å². The Labute approximate surface area is 114 Å². The Morgan fingerprint density at radius 3 is 3.21 bits per heavy atom. The number of hydrogen-bond acceptors (Lipinski definition) is 5. The van der Waals surface area contributed by atoms with Crippen LogP contribution in [0.25, 0.3) is 0 Å². The van der Waals surface area contributed by atoms with Gasteiger partial charge in [0.25, 0.3) is 0 Å². The van der Waals surface area contributed by atoms with E-state index in [-0.39, 0.29) is 12.7 Å². The van der Waals surface area contributed by atoms with Gasteiger partial charge in [0, 0.05) is 26.2 Å². The fraction of sp³-hybridized carbons (Fsp3) is 0.643. The summed E-state index contributed by atoms with van der Waals surface area (Å²) in [5, 5.41) is 12.4. The molecule has 0 spiro atoms. The van der Waals surface area contributed by atoms with Gasteiger partial charge in [-0.15, -0.1) is 0 Å². The molecular weight excluding hydrogens is 242 g/mol. The van der Waals surface area contributed by atoms with Gasteiger partial charge in [-0.25, -0.2) is 4.98 Å². The lowest BCUT2D eigenvalue weighted by molar-refractivity contribution is -0.0553.